The quantitative estimate of drug-likeness (QED) is 0.817. The van der Waals surface area contributed by atoms with Crippen molar-refractivity contribution in [2.24, 2.45) is 11.7 Å². The molecule has 0 spiro atoms. The van der Waals surface area contributed by atoms with Gasteiger partial charge in [-0.25, -0.2) is 0 Å². The van der Waals surface area contributed by atoms with E-state index in [9.17, 15) is 4.79 Å². The van der Waals surface area contributed by atoms with Gasteiger partial charge in [0.1, 0.15) is 0 Å². The van der Waals surface area contributed by atoms with Gasteiger partial charge >= 0.3 is 0 Å². The molecule has 2 aromatic carbocycles. The fourth-order valence-corrected chi connectivity index (χ4v) is 2.30. The molecule has 0 aliphatic rings. The SMILES string of the molecule is NCC(Cc1ccccc1)C(=O)NCCc1ccccc1. The standard InChI is InChI=1S/C18H22N2O/c19-14-17(13-16-9-5-2-6-10-16)18(21)20-12-11-15-7-3-1-4-8-15/h1-10,17H,11-14,19H2,(H,20,21). The van der Waals surface area contributed by atoms with E-state index in [1.807, 2.05) is 48.5 Å². The van der Waals surface area contributed by atoms with Crippen molar-refractivity contribution in [1.29, 1.82) is 0 Å². The van der Waals surface area contributed by atoms with Crippen molar-refractivity contribution in [3.8, 4) is 0 Å². The summed E-state index contributed by atoms with van der Waals surface area (Å²) in [6.07, 6.45) is 1.53. The fourth-order valence-electron chi connectivity index (χ4n) is 2.30. The molecule has 1 amide bonds. The molecule has 2 aromatic rings. The zero-order valence-corrected chi connectivity index (χ0v) is 12.2. The Labute approximate surface area is 126 Å². The van der Waals surface area contributed by atoms with Crippen LogP contribution in [0.3, 0.4) is 0 Å². The maximum atomic E-state index is 12.2. The van der Waals surface area contributed by atoms with Crippen LogP contribution in [-0.2, 0) is 17.6 Å². The van der Waals surface area contributed by atoms with Crippen LogP contribution in [0.25, 0.3) is 0 Å². The molecule has 3 nitrogen and oxygen atoms in total. The first-order valence-corrected chi connectivity index (χ1v) is 7.35. The molecule has 1 atom stereocenters. The highest BCUT2D eigenvalue weighted by molar-refractivity contribution is 5.79. The van der Waals surface area contributed by atoms with Gasteiger partial charge in [-0.3, -0.25) is 4.79 Å². The molecule has 3 heteroatoms. The Morgan fingerprint density at radius 1 is 0.952 bits per heavy atom. The first kappa shape index (κ1) is 15.3. The maximum absolute atomic E-state index is 12.2. The van der Waals surface area contributed by atoms with Gasteiger partial charge in [0.25, 0.3) is 0 Å². The Bertz CT molecular complexity index is 540. The second kappa shape index (κ2) is 8.22. The molecule has 0 saturated heterocycles. The van der Waals surface area contributed by atoms with Crippen LogP contribution in [-0.4, -0.2) is 19.0 Å². The van der Waals surface area contributed by atoms with Crippen molar-refractivity contribution in [2.75, 3.05) is 13.1 Å². The minimum atomic E-state index is -0.164. The summed E-state index contributed by atoms with van der Waals surface area (Å²) < 4.78 is 0. The van der Waals surface area contributed by atoms with E-state index in [-0.39, 0.29) is 11.8 Å². The van der Waals surface area contributed by atoms with Crippen LogP contribution in [0.5, 0.6) is 0 Å². The highest BCUT2D eigenvalue weighted by atomic mass is 16.1. The molecule has 0 fully saturated rings. The first-order chi connectivity index (χ1) is 10.3. The normalized spacial score (nSPS) is 11.9. The van der Waals surface area contributed by atoms with Crippen LogP contribution in [0.15, 0.2) is 60.7 Å². The molecule has 0 aliphatic carbocycles. The van der Waals surface area contributed by atoms with Gasteiger partial charge in [-0.2, -0.15) is 0 Å². The van der Waals surface area contributed by atoms with Crippen LogP contribution in [0, 0.1) is 5.92 Å². The summed E-state index contributed by atoms with van der Waals surface area (Å²) in [6, 6.07) is 20.1. The lowest BCUT2D eigenvalue weighted by atomic mass is 9.98. The average Bonchev–Trinajstić information content (AvgIpc) is 2.54. The summed E-state index contributed by atoms with van der Waals surface area (Å²) in [6.45, 7) is 1.01. The third kappa shape index (κ3) is 5.04. The predicted molar refractivity (Wildman–Crippen MR) is 85.8 cm³/mol. The Morgan fingerprint density at radius 3 is 2.10 bits per heavy atom. The first-order valence-electron chi connectivity index (χ1n) is 7.35. The summed E-state index contributed by atoms with van der Waals surface area (Å²) in [5.41, 5.74) is 8.12. The topological polar surface area (TPSA) is 55.1 Å². The predicted octanol–water partition coefficient (Wildman–Crippen LogP) is 2.16. The van der Waals surface area contributed by atoms with Crippen LogP contribution in [0.2, 0.25) is 0 Å². The summed E-state index contributed by atoms with van der Waals surface area (Å²) >= 11 is 0. The summed E-state index contributed by atoms with van der Waals surface area (Å²) in [5, 5.41) is 2.98. The highest BCUT2D eigenvalue weighted by Crippen LogP contribution is 2.08. The number of hydrogen-bond acceptors (Lipinski definition) is 2. The third-order valence-corrected chi connectivity index (χ3v) is 3.54. The van der Waals surface area contributed by atoms with E-state index in [0.29, 0.717) is 19.5 Å². The van der Waals surface area contributed by atoms with Gasteiger partial charge < -0.3 is 11.1 Å². The molecule has 1 unspecified atom stereocenters. The van der Waals surface area contributed by atoms with Gasteiger partial charge in [-0.05, 0) is 24.0 Å². The maximum Gasteiger partial charge on any atom is 0.224 e. The van der Waals surface area contributed by atoms with Crippen molar-refractivity contribution >= 4 is 5.91 Å². The second-order valence-corrected chi connectivity index (χ2v) is 5.15. The lowest BCUT2D eigenvalue weighted by Crippen LogP contribution is -2.37. The molecule has 0 bridgehead atoms. The molecular formula is C18H22N2O. The minimum absolute atomic E-state index is 0.0392. The monoisotopic (exact) mass is 282 g/mol. The van der Waals surface area contributed by atoms with Crippen LogP contribution in [0.1, 0.15) is 11.1 Å². The zero-order chi connectivity index (χ0) is 14.9. The van der Waals surface area contributed by atoms with Gasteiger partial charge in [-0.15, -0.1) is 0 Å². The van der Waals surface area contributed by atoms with Crippen molar-refractivity contribution in [3.63, 3.8) is 0 Å². The number of nitrogens with one attached hydrogen (secondary N) is 1. The molecule has 0 heterocycles. The van der Waals surface area contributed by atoms with E-state index < -0.39 is 0 Å². The molecule has 110 valence electrons. The highest BCUT2D eigenvalue weighted by Gasteiger charge is 2.16. The van der Waals surface area contributed by atoms with Gasteiger partial charge in [0, 0.05) is 13.1 Å². The van der Waals surface area contributed by atoms with Crippen molar-refractivity contribution < 1.29 is 4.79 Å². The Kier molecular flexibility index (Phi) is 5.98. The molecule has 3 N–H and O–H groups in total. The third-order valence-electron chi connectivity index (χ3n) is 3.54. The summed E-state index contributed by atoms with van der Waals surface area (Å²) in [7, 11) is 0. The van der Waals surface area contributed by atoms with E-state index in [2.05, 4.69) is 17.4 Å². The fraction of sp³-hybridized carbons (Fsp3) is 0.278. The van der Waals surface area contributed by atoms with Gasteiger partial charge in [-0.1, -0.05) is 60.7 Å². The van der Waals surface area contributed by atoms with Crippen molar-refractivity contribution in [1.82, 2.24) is 5.32 Å². The van der Waals surface area contributed by atoms with Crippen LogP contribution < -0.4 is 11.1 Å². The van der Waals surface area contributed by atoms with E-state index in [4.69, 9.17) is 5.73 Å². The second-order valence-electron chi connectivity index (χ2n) is 5.15. The number of benzene rings is 2. The Hall–Kier alpha value is -2.13. The molecule has 21 heavy (non-hydrogen) atoms. The Morgan fingerprint density at radius 2 is 1.52 bits per heavy atom. The smallest absolute Gasteiger partial charge is 0.224 e. The lowest BCUT2D eigenvalue weighted by molar-refractivity contribution is -0.124. The summed E-state index contributed by atoms with van der Waals surface area (Å²) in [4.78, 5) is 12.2. The number of nitrogens with two attached hydrogens (primary N) is 1. The van der Waals surface area contributed by atoms with Crippen molar-refractivity contribution in [3.05, 3.63) is 71.8 Å². The number of carbonyl (C=O) groups is 1. The van der Waals surface area contributed by atoms with E-state index in [0.717, 1.165) is 12.0 Å². The number of hydrogen-bond donors (Lipinski definition) is 2. The van der Waals surface area contributed by atoms with Gasteiger partial charge in [0.15, 0.2) is 0 Å². The van der Waals surface area contributed by atoms with Crippen LogP contribution in [0.4, 0.5) is 0 Å². The van der Waals surface area contributed by atoms with Crippen molar-refractivity contribution in [2.45, 2.75) is 12.8 Å². The number of rotatable bonds is 7. The minimum Gasteiger partial charge on any atom is -0.355 e. The number of carbonyl (C=O) groups excluding carboxylic acids is 1. The van der Waals surface area contributed by atoms with E-state index in [1.54, 1.807) is 0 Å². The molecule has 2 rings (SSSR count). The molecule has 0 aromatic heterocycles. The van der Waals surface area contributed by atoms with E-state index in [1.165, 1.54) is 5.56 Å². The molecule has 0 saturated carbocycles. The van der Waals surface area contributed by atoms with Crippen LogP contribution >= 0.6 is 0 Å². The molecule has 0 aliphatic heterocycles. The average molecular weight is 282 g/mol. The lowest BCUT2D eigenvalue weighted by Gasteiger charge is -2.15. The Balaban J connectivity index is 1.80. The van der Waals surface area contributed by atoms with Gasteiger partial charge in [0.2, 0.25) is 5.91 Å². The molecule has 0 radical (unpaired) electrons. The largest absolute Gasteiger partial charge is 0.355 e. The van der Waals surface area contributed by atoms with E-state index >= 15 is 0 Å². The number of amides is 1. The summed E-state index contributed by atoms with van der Waals surface area (Å²) in [5.74, 6) is -0.125. The van der Waals surface area contributed by atoms with Gasteiger partial charge in [0.05, 0.1) is 5.92 Å². The zero-order valence-electron chi connectivity index (χ0n) is 12.2. The molecular weight excluding hydrogens is 260 g/mol.